The molecule has 1 rings (SSSR count). The summed E-state index contributed by atoms with van der Waals surface area (Å²) >= 11 is 0. The van der Waals surface area contributed by atoms with E-state index in [1.165, 1.54) is 24.5 Å². The van der Waals surface area contributed by atoms with Crippen molar-refractivity contribution in [3.63, 3.8) is 0 Å². The number of aromatic nitrogens is 1. The molecule has 0 atom stereocenters. The zero-order chi connectivity index (χ0) is 9.84. The van der Waals surface area contributed by atoms with Crippen LogP contribution >= 0.6 is 0 Å². The normalized spacial score (nSPS) is 9.23. The number of carbonyl (C=O) groups is 2. The predicted molar refractivity (Wildman–Crippen MR) is 42.8 cm³/mol. The van der Waals surface area contributed by atoms with E-state index in [0.29, 0.717) is 0 Å². The number of rotatable bonds is 1. The third kappa shape index (κ3) is 1.92. The average molecular weight is 182 g/mol. The van der Waals surface area contributed by atoms with Crippen molar-refractivity contribution in [3.05, 3.63) is 24.5 Å². The number of anilines is 1. The standard InChI is InChI=1S/C7H6N2O4/c10-6(11)9(7(12)13)5-1-3-8-4-2-5/h1-4H,(H,10,11)(H,12,13). The topological polar surface area (TPSA) is 90.7 Å². The van der Waals surface area contributed by atoms with Crippen LogP contribution in [0.3, 0.4) is 0 Å². The van der Waals surface area contributed by atoms with Crippen LogP contribution in [-0.4, -0.2) is 27.4 Å². The Hall–Kier alpha value is -2.11. The lowest BCUT2D eigenvalue weighted by atomic mass is 10.4. The molecule has 0 aliphatic carbocycles. The van der Waals surface area contributed by atoms with Gasteiger partial charge in [0, 0.05) is 12.4 Å². The van der Waals surface area contributed by atoms with Crippen LogP contribution in [0.4, 0.5) is 15.3 Å². The largest absolute Gasteiger partial charge is 0.464 e. The van der Waals surface area contributed by atoms with E-state index in [2.05, 4.69) is 4.98 Å². The second-order valence-electron chi connectivity index (χ2n) is 2.11. The zero-order valence-electron chi connectivity index (χ0n) is 6.41. The van der Waals surface area contributed by atoms with Crippen LogP contribution < -0.4 is 4.90 Å². The summed E-state index contributed by atoms with van der Waals surface area (Å²) < 4.78 is 0. The predicted octanol–water partition coefficient (Wildman–Crippen LogP) is 1.24. The Kier molecular flexibility index (Phi) is 2.44. The lowest BCUT2D eigenvalue weighted by molar-refractivity contribution is 0.184. The van der Waals surface area contributed by atoms with Gasteiger partial charge in [-0.3, -0.25) is 4.98 Å². The van der Waals surface area contributed by atoms with Crippen LogP contribution in [0.25, 0.3) is 0 Å². The maximum Gasteiger partial charge on any atom is 0.421 e. The highest BCUT2D eigenvalue weighted by molar-refractivity contribution is 6.07. The van der Waals surface area contributed by atoms with Crippen molar-refractivity contribution in [2.45, 2.75) is 0 Å². The Morgan fingerprint density at radius 2 is 1.62 bits per heavy atom. The maximum atomic E-state index is 10.5. The van der Waals surface area contributed by atoms with Crippen molar-refractivity contribution in [1.82, 2.24) is 4.98 Å². The highest BCUT2D eigenvalue weighted by Gasteiger charge is 2.21. The number of imide groups is 1. The number of hydrogen-bond acceptors (Lipinski definition) is 3. The van der Waals surface area contributed by atoms with E-state index in [9.17, 15) is 9.59 Å². The molecule has 68 valence electrons. The van der Waals surface area contributed by atoms with Gasteiger partial charge in [0.25, 0.3) is 0 Å². The maximum absolute atomic E-state index is 10.5. The summed E-state index contributed by atoms with van der Waals surface area (Å²) in [7, 11) is 0. The van der Waals surface area contributed by atoms with Gasteiger partial charge in [0.1, 0.15) is 0 Å². The van der Waals surface area contributed by atoms with Crippen molar-refractivity contribution in [2.75, 3.05) is 4.90 Å². The Bertz CT molecular complexity index is 311. The van der Waals surface area contributed by atoms with Crippen molar-refractivity contribution >= 4 is 17.9 Å². The summed E-state index contributed by atoms with van der Waals surface area (Å²) in [5.41, 5.74) is 0.0509. The summed E-state index contributed by atoms with van der Waals surface area (Å²) in [6, 6.07) is 2.59. The summed E-state index contributed by atoms with van der Waals surface area (Å²) in [6.45, 7) is 0. The molecule has 6 heteroatoms. The van der Waals surface area contributed by atoms with Crippen LogP contribution in [0, 0.1) is 0 Å². The first kappa shape index (κ1) is 8.98. The second kappa shape index (κ2) is 3.53. The molecule has 0 fully saturated rings. The smallest absolute Gasteiger partial charge is 0.421 e. The van der Waals surface area contributed by atoms with Gasteiger partial charge >= 0.3 is 12.2 Å². The summed E-state index contributed by atoms with van der Waals surface area (Å²) in [4.78, 5) is 24.8. The van der Waals surface area contributed by atoms with Gasteiger partial charge in [-0.05, 0) is 12.1 Å². The molecule has 0 aromatic carbocycles. The molecule has 6 nitrogen and oxygen atoms in total. The first-order valence-electron chi connectivity index (χ1n) is 3.29. The second-order valence-corrected chi connectivity index (χ2v) is 2.11. The van der Waals surface area contributed by atoms with Gasteiger partial charge in [0.2, 0.25) is 0 Å². The molecule has 0 radical (unpaired) electrons. The molecule has 0 spiro atoms. The van der Waals surface area contributed by atoms with E-state index >= 15 is 0 Å². The number of carboxylic acid groups (broad SMARTS) is 2. The Morgan fingerprint density at radius 3 is 2.00 bits per heavy atom. The SMILES string of the molecule is O=C(O)N(C(=O)O)c1ccncc1. The quantitative estimate of drug-likeness (QED) is 0.681. The van der Waals surface area contributed by atoms with Crippen molar-refractivity contribution < 1.29 is 19.8 Å². The van der Waals surface area contributed by atoms with E-state index in [1.807, 2.05) is 0 Å². The van der Waals surface area contributed by atoms with E-state index in [0.717, 1.165) is 0 Å². The van der Waals surface area contributed by atoms with Crippen LogP contribution in [0.5, 0.6) is 0 Å². The monoisotopic (exact) mass is 182 g/mol. The molecular weight excluding hydrogens is 176 g/mol. The number of amides is 2. The number of nitrogens with zero attached hydrogens (tertiary/aromatic N) is 2. The van der Waals surface area contributed by atoms with Gasteiger partial charge in [-0.2, -0.15) is 4.90 Å². The van der Waals surface area contributed by atoms with Crippen LogP contribution in [0.15, 0.2) is 24.5 Å². The third-order valence-corrected chi connectivity index (χ3v) is 1.30. The molecule has 0 aliphatic rings. The fourth-order valence-corrected chi connectivity index (χ4v) is 0.796. The molecule has 0 saturated carbocycles. The minimum Gasteiger partial charge on any atom is -0.464 e. The third-order valence-electron chi connectivity index (χ3n) is 1.30. The van der Waals surface area contributed by atoms with Crippen LogP contribution in [0.2, 0.25) is 0 Å². The lowest BCUT2D eigenvalue weighted by Gasteiger charge is -2.11. The summed E-state index contributed by atoms with van der Waals surface area (Å²) in [5, 5.41) is 17.0. The Balaban J connectivity index is 3.03. The van der Waals surface area contributed by atoms with Gasteiger partial charge < -0.3 is 10.2 Å². The first-order valence-corrected chi connectivity index (χ1v) is 3.29. The van der Waals surface area contributed by atoms with Gasteiger partial charge in [0.05, 0.1) is 5.69 Å². The van der Waals surface area contributed by atoms with E-state index < -0.39 is 12.2 Å². The van der Waals surface area contributed by atoms with Gasteiger partial charge in [0.15, 0.2) is 0 Å². The van der Waals surface area contributed by atoms with Gasteiger partial charge in [-0.1, -0.05) is 0 Å². The van der Waals surface area contributed by atoms with Gasteiger partial charge in [-0.25, -0.2) is 9.59 Å². The summed E-state index contributed by atoms with van der Waals surface area (Å²) in [5.74, 6) is 0. The highest BCUT2D eigenvalue weighted by atomic mass is 16.4. The lowest BCUT2D eigenvalue weighted by Crippen LogP contribution is -2.34. The molecule has 1 heterocycles. The molecule has 0 bridgehead atoms. The molecule has 0 aliphatic heterocycles. The van der Waals surface area contributed by atoms with Crippen molar-refractivity contribution in [3.8, 4) is 0 Å². The highest BCUT2D eigenvalue weighted by Crippen LogP contribution is 2.11. The Labute approximate surface area is 73.1 Å². The molecule has 13 heavy (non-hydrogen) atoms. The zero-order valence-corrected chi connectivity index (χ0v) is 6.41. The number of pyridine rings is 1. The van der Waals surface area contributed by atoms with Crippen molar-refractivity contribution in [2.24, 2.45) is 0 Å². The minimum absolute atomic E-state index is 0.0509. The molecule has 1 aromatic rings. The van der Waals surface area contributed by atoms with Crippen LogP contribution in [0.1, 0.15) is 0 Å². The molecule has 1 aromatic heterocycles. The number of hydrogen-bond donors (Lipinski definition) is 2. The minimum atomic E-state index is -1.54. The van der Waals surface area contributed by atoms with Crippen molar-refractivity contribution in [1.29, 1.82) is 0 Å². The summed E-state index contributed by atoms with van der Waals surface area (Å²) in [6.07, 6.45) is -0.458. The first-order chi connectivity index (χ1) is 6.13. The fraction of sp³-hybridized carbons (Fsp3) is 0. The van der Waals surface area contributed by atoms with E-state index in [-0.39, 0.29) is 10.6 Å². The van der Waals surface area contributed by atoms with Crippen LogP contribution in [-0.2, 0) is 0 Å². The van der Waals surface area contributed by atoms with Gasteiger partial charge in [-0.15, -0.1) is 0 Å². The Morgan fingerprint density at radius 1 is 1.15 bits per heavy atom. The average Bonchev–Trinajstić information content (AvgIpc) is 2.04. The van der Waals surface area contributed by atoms with E-state index in [1.54, 1.807) is 0 Å². The molecular formula is C7H6N2O4. The molecule has 0 saturated heterocycles. The molecule has 0 unspecified atom stereocenters. The molecule has 2 amide bonds. The fourth-order valence-electron chi connectivity index (χ4n) is 0.796. The van der Waals surface area contributed by atoms with E-state index in [4.69, 9.17) is 10.2 Å². The molecule has 2 N–H and O–H groups in total.